The Morgan fingerprint density at radius 1 is 1.42 bits per heavy atom. The van der Waals surface area contributed by atoms with E-state index in [1.807, 2.05) is 29.2 Å². The van der Waals surface area contributed by atoms with E-state index in [9.17, 15) is 4.79 Å². The number of nitrogens with zero attached hydrogens (tertiary/aromatic N) is 1. The van der Waals surface area contributed by atoms with Crippen LogP contribution in [-0.4, -0.2) is 35.9 Å². The maximum Gasteiger partial charge on any atom is 0.233 e. The van der Waals surface area contributed by atoms with Crippen LogP contribution in [0.3, 0.4) is 0 Å². The highest BCUT2D eigenvalue weighted by molar-refractivity contribution is 6.20. The predicted molar refractivity (Wildman–Crippen MR) is 74.7 cm³/mol. The molecule has 1 aromatic carbocycles. The van der Waals surface area contributed by atoms with Gasteiger partial charge in [-0.2, -0.15) is 0 Å². The van der Waals surface area contributed by atoms with Crippen LogP contribution in [0.4, 0.5) is 0 Å². The first-order valence-corrected chi connectivity index (χ1v) is 7.25. The molecule has 0 aromatic heterocycles. The summed E-state index contributed by atoms with van der Waals surface area (Å²) in [6.07, 6.45) is 0.879. The highest BCUT2D eigenvalue weighted by Gasteiger charge is 2.36. The largest absolute Gasteiger partial charge is 0.492 e. The fraction of sp³-hybridized carbons (Fsp3) is 0.533. The lowest BCUT2D eigenvalue weighted by Crippen LogP contribution is -2.45. The Balaban J connectivity index is 1.75. The van der Waals surface area contributed by atoms with E-state index in [1.54, 1.807) is 0 Å². The van der Waals surface area contributed by atoms with Gasteiger partial charge in [0, 0.05) is 24.0 Å². The van der Waals surface area contributed by atoms with Crippen LogP contribution in [-0.2, 0) is 4.79 Å². The lowest BCUT2D eigenvalue weighted by Gasteiger charge is -2.35. The van der Waals surface area contributed by atoms with Gasteiger partial charge in [0.05, 0.1) is 0 Å². The second-order valence-corrected chi connectivity index (χ2v) is 6.03. The van der Waals surface area contributed by atoms with Crippen LogP contribution in [0.15, 0.2) is 24.3 Å². The first-order valence-electron chi connectivity index (χ1n) is 6.81. The number of ether oxygens (including phenoxy) is 1. The number of benzene rings is 1. The standard InChI is InChI=1S/C15H18ClNO2/c1-10-8-17(7-6-13(10)16)15(18)12-9-19-14-5-3-2-4-11(12)14/h2-5,10,12-13H,6-9H2,1H3. The summed E-state index contributed by atoms with van der Waals surface area (Å²) in [5.41, 5.74) is 1.02. The Hall–Kier alpha value is -1.22. The van der Waals surface area contributed by atoms with Crippen molar-refractivity contribution in [1.29, 1.82) is 0 Å². The van der Waals surface area contributed by atoms with Crippen molar-refractivity contribution in [3.8, 4) is 5.75 Å². The van der Waals surface area contributed by atoms with Crippen molar-refractivity contribution in [2.24, 2.45) is 5.92 Å². The van der Waals surface area contributed by atoms with Gasteiger partial charge in [-0.25, -0.2) is 0 Å². The fourth-order valence-electron chi connectivity index (χ4n) is 2.90. The monoisotopic (exact) mass is 279 g/mol. The molecule has 0 aliphatic carbocycles. The predicted octanol–water partition coefficient (Wildman–Crippen LogP) is 2.64. The number of amides is 1. The number of para-hydroxylation sites is 1. The van der Waals surface area contributed by atoms with E-state index >= 15 is 0 Å². The zero-order valence-corrected chi connectivity index (χ0v) is 11.8. The Morgan fingerprint density at radius 3 is 3.00 bits per heavy atom. The molecule has 1 amide bonds. The molecule has 102 valence electrons. The van der Waals surface area contributed by atoms with E-state index in [2.05, 4.69) is 6.92 Å². The van der Waals surface area contributed by atoms with E-state index in [-0.39, 0.29) is 17.2 Å². The molecule has 2 aliphatic rings. The molecule has 3 rings (SSSR count). The van der Waals surface area contributed by atoms with Gasteiger partial charge in [-0.1, -0.05) is 25.1 Å². The van der Waals surface area contributed by atoms with Crippen LogP contribution in [0.1, 0.15) is 24.8 Å². The van der Waals surface area contributed by atoms with Gasteiger partial charge in [-0.3, -0.25) is 4.79 Å². The third kappa shape index (κ3) is 2.32. The molecule has 1 fully saturated rings. The van der Waals surface area contributed by atoms with Crippen LogP contribution >= 0.6 is 11.6 Å². The van der Waals surface area contributed by atoms with Crippen LogP contribution < -0.4 is 4.74 Å². The molecule has 0 spiro atoms. The molecule has 1 saturated heterocycles. The molecular weight excluding hydrogens is 262 g/mol. The molecule has 1 aromatic rings. The number of hydrogen-bond donors (Lipinski definition) is 0. The molecule has 3 unspecified atom stereocenters. The lowest BCUT2D eigenvalue weighted by atomic mass is 9.95. The van der Waals surface area contributed by atoms with Crippen LogP contribution in [0.2, 0.25) is 0 Å². The minimum Gasteiger partial charge on any atom is -0.492 e. The van der Waals surface area contributed by atoms with E-state index in [1.165, 1.54) is 0 Å². The zero-order valence-electron chi connectivity index (χ0n) is 11.0. The van der Waals surface area contributed by atoms with Gasteiger partial charge in [0.25, 0.3) is 0 Å². The first kappa shape index (κ1) is 12.8. The topological polar surface area (TPSA) is 29.5 Å². The normalized spacial score (nSPS) is 29.8. The summed E-state index contributed by atoms with van der Waals surface area (Å²) in [6, 6.07) is 7.81. The molecule has 0 bridgehead atoms. The third-order valence-electron chi connectivity index (χ3n) is 4.11. The van der Waals surface area contributed by atoms with E-state index in [0.29, 0.717) is 12.5 Å². The van der Waals surface area contributed by atoms with Gasteiger partial charge in [0.1, 0.15) is 18.3 Å². The third-order valence-corrected chi connectivity index (χ3v) is 4.76. The zero-order chi connectivity index (χ0) is 13.4. The van der Waals surface area contributed by atoms with E-state index in [0.717, 1.165) is 30.8 Å². The summed E-state index contributed by atoms with van der Waals surface area (Å²) < 4.78 is 5.60. The smallest absolute Gasteiger partial charge is 0.233 e. The molecule has 4 heteroatoms. The van der Waals surface area contributed by atoms with Crippen molar-refractivity contribution in [3.05, 3.63) is 29.8 Å². The fourth-order valence-corrected chi connectivity index (χ4v) is 3.08. The van der Waals surface area contributed by atoms with Gasteiger partial charge >= 0.3 is 0 Å². The molecule has 0 saturated carbocycles. The molecule has 2 aliphatic heterocycles. The molecule has 0 radical (unpaired) electrons. The summed E-state index contributed by atoms with van der Waals surface area (Å²) in [5.74, 6) is 1.24. The van der Waals surface area contributed by atoms with Gasteiger partial charge in [-0.05, 0) is 18.4 Å². The second-order valence-electron chi connectivity index (χ2n) is 5.47. The number of alkyl halides is 1. The van der Waals surface area contributed by atoms with Crippen molar-refractivity contribution >= 4 is 17.5 Å². The van der Waals surface area contributed by atoms with Gasteiger partial charge in [0.2, 0.25) is 5.91 Å². The van der Waals surface area contributed by atoms with Crippen molar-refractivity contribution in [2.45, 2.75) is 24.6 Å². The molecule has 3 atom stereocenters. The highest BCUT2D eigenvalue weighted by Crippen LogP contribution is 2.35. The molecule has 0 N–H and O–H groups in total. The van der Waals surface area contributed by atoms with Crippen LogP contribution in [0.5, 0.6) is 5.75 Å². The summed E-state index contributed by atoms with van der Waals surface area (Å²) in [6.45, 7) is 4.09. The SMILES string of the molecule is CC1CN(C(=O)C2COc3ccccc32)CCC1Cl. The Morgan fingerprint density at radius 2 is 2.21 bits per heavy atom. The minimum atomic E-state index is -0.143. The highest BCUT2D eigenvalue weighted by atomic mass is 35.5. The maximum atomic E-state index is 12.6. The maximum absolute atomic E-state index is 12.6. The summed E-state index contributed by atoms with van der Waals surface area (Å²) >= 11 is 6.22. The molecule has 19 heavy (non-hydrogen) atoms. The first-order chi connectivity index (χ1) is 9.16. The van der Waals surface area contributed by atoms with Crippen molar-refractivity contribution < 1.29 is 9.53 Å². The number of piperidine rings is 1. The Labute approximate surface area is 118 Å². The van der Waals surface area contributed by atoms with Crippen molar-refractivity contribution in [1.82, 2.24) is 4.90 Å². The van der Waals surface area contributed by atoms with Crippen LogP contribution in [0, 0.1) is 5.92 Å². The number of carbonyl (C=O) groups is 1. The number of likely N-dealkylation sites (tertiary alicyclic amines) is 1. The quantitative estimate of drug-likeness (QED) is 0.740. The number of hydrogen-bond acceptors (Lipinski definition) is 2. The van der Waals surface area contributed by atoms with Gasteiger partial charge in [-0.15, -0.1) is 11.6 Å². The number of fused-ring (bicyclic) bond motifs is 1. The van der Waals surface area contributed by atoms with Gasteiger partial charge in [0.15, 0.2) is 0 Å². The summed E-state index contributed by atoms with van der Waals surface area (Å²) in [5, 5.41) is 0.191. The van der Waals surface area contributed by atoms with Gasteiger partial charge < -0.3 is 9.64 Å². The molecular formula is C15H18ClNO2. The molecule has 2 heterocycles. The second kappa shape index (κ2) is 5.04. The Kier molecular flexibility index (Phi) is 3.40. The van der Waals surface area contributed by atoms with Crippen molar-refractivity contribution in [2.75, 3.05) is 19.7 Å². The number of rotatable bonds is 1. The lowest BCUT2D eigenvalue weighted by molar-refractivity contribution is -0.134. The average molecular weight is 280 g/mol. The minimum absolute atomic E-state index is 0.143. The Bertz CT molecular complexity index is 491. The van der Waals surface area contributed by atoms with E-state index < -0.39 is 0 Å². The van der Waals surface area contributed by atoms with Crippen LogP contribution in [0.25, 0.3) is 0 Å². The number of carbonyl (C=O) groups excluding carboxylic acids is 1. The summed E-state index contributed by atoms with van der Waals surface area (Å²) in [4.78, 5) is 14.6. The number of halogens is 1. The average Bonchev–Trinajstić information content (AvgIpc) is 2.85. The summed E-state index contributed by atoms with van der Waals surface area (Å²) in [7, 11) is 0. The molecule has 3 nitrogen and oxygen atoms in total. The van der Waals surface area contributed by atoms with E-state index in [4.69, 9.17) is 16.3 Å². The van der Waals surface area contributed by atoms with Crippen molar-refractivity contribution in [3.63, 3.8) is 0 Å².